The van der Waals surface area contributed by atoms with E-state index in [4.69, 9.17) is 5.11 Å². The zero-order valence-electron chi connectivity index (χ0n) is 16.2. The van der Waals surface area contributed by atoms with Crippen molar-refractivity contribution in [3.05, 3.63) is 0 Å². The van der Waals surface area contributed by atoms with Crippen molar-refractivity contribution in [3.63, 3.8) is 0 Å². The van der Waals surface area contributed by atoms with Gasteiger partial charge in [-0.15, -0.1) is 0 Å². The Hall–Kier alpha value is -1.33. The standard InChI is InChI=1S/C13H20F2O2.C7H14O2/c1-2-3-8-13(14,15)12(17)7-5-10-4-6-11(16)9-10;1-2-3-4-5-6-7(8)9/h10H,2-9H2,1H3;2-6H2,1H3,(H,8,9). The maximum absolute atomic E-state index is 13.3. The molecule has 0 aromatic rings. The quantitative estimate of drug-likeness (QED) is 0.452. The third-order valence-corrected chi connectivity index (χ3v) is 4.62. The van der Waals surface area contributed by atoms with Crippen molar-refractivity contribution < 1.29 is 28.3 Å². The van der Waals surface area contributed by atoms with E-state index in [2.05, 4.69) is 6.92 Å². The third kappa shape index (κ3) is 12.1. The highest BCUT2D eigenvalue weighted by Crippen LogP contribution is 2.29. The molecule has 26 heavy (non-hydrogen) atoms. The summed E-state index contributed by atoms with van der Waals surface area (Å²) >= 11 is 0. The van der Waals surface area contributed by atoms with Crippen LogP contribution in [0.4, 0.5) is 8.78 Å². The summed E-state index contributed by atoms with van der Waals surface area (Å²) in [5.74, 6) is -4.46. The second kappa shape index (κ2) is 13.8. The van der Waals surface area contributed by atoms with E-state index in [9.17, 15) is 23.2 Å². The number of alkyl halides is 2. The fourth-order valence-corrected chi connectivity index (χ4v) is 2.90. The fourth-order valence-electron chi connectivity index (χ4n) is 2.90. The van der Waals surface area contributed by atoms with Crippen LogP contribution in [-0.2, 0) is 14.4 Å². The van der Waals surface area contributed by atoms with E-state index in [0.717, 1.165) is 25.7 Å². The van der Waals surface area contributed by atoms with Crippen LogP contribution in [0.2, 0.25) is 0 Å². The topological polar surface area (TPSA) is 71.4 Å². The normalized spacial score (nSPS) is 16.9. The van der Waals surface area contributed by atoms with Gasteiger partial charge in [0, 0.05) is 32.1 Å². The molecule has 0 bridgehead atoms. The van der Waals surface area contributed by atoms with Crippen molar-refractivity contribution >= 4 is 17.5 Å². The molecule has 0 aromatic carbocycles. The Labute approximate surface area is 155 Å². The van der Waals surface area contributed by atoms with Crippen molar-refractivity contribution in [1.82, 2.24) is 0 Å². The predicted octanol–water partition coefficient (Wildman–Crippen LogP) is 5.57. The van der Waals surface area contributed by atoms with E-state index in [1.54, 1.807) is 0 Å². The Morgan fingerprint density at radius 3 is 2.23 bits per heavy atom. The molecule has 0 heterocycles. The van der Waals surface area contributed by atoms with E-state index in [-0.39, 0.29) is 24.5 Å². The number of carboxylic acids is 1. The van der Waals surface area contributed by atoms with Gasteiger partial charge in [-0.1, -0.05) is 39.5 Å². The molecule has 6 heteroatoms. The molecule has 0 amide bonds. The van der Waals surface area contributed by atoms with Gasteiger partial charge >= 0.3 is 11.9 Å². The number of carbonyl (C=O) groups is 3. The van der Waals surface area contributed by atoms with Crippen LogP contribution in [0.15, 0.2) is 0 Å². The molecule has 1 rings (SSSR count). The number of unbranched alkanes of at least 4 members (excludes halogenated alkanes) is 4. The van der Waals surface area contributed by atoms with Crippen molar-refractivity contribution in [3.8, 4) is 0 Å². The summed E-state index contributed by atoms with van der Waals surface area (Å²) in [7, 11) is 0. The number of carboxylic acid groups (broad SMARTS) is 1. The number of ketones is 2. The highest BCUT2D eigenvalue weighted by Gasteiger charge is 2.37. The van der Waals surface area contributed by atoms with Crippen molar-refractivity contribution in [1.29, 1.82) is 0 Å². The lowest BCUT2D eigenvalue weighted by molar-refractivity contribution is -0.144. The lowest BCUT2D eigenvalue weighted by atomic mass is 9.96. The first kappa shape index (κ1) is 24.7. The number of hydrogen-bond donors (Lipinski definition) is 1. The molecule has 0 saturated heterocycles. The zero-order valence-corrected chi connectivity index (χ0v) is 16.2. The summed E-state index contributed by atoms with van der Waals surface area (Å²) in [5.41, 5.74) is 0. The van der Waals surface area contributed by atoms with Crippen LogP contribution >= 0.6 is 0 Å². The van der Waals surface area contributed by atoms with Gasteiger partial charge in [-0.05, 0) is 31.6 Å². The molecule has 1 fully saturated rings. The Balaban J connectivity index is 0.000000590. The van der Waals surface area contributed by atoms with Gasteiger partial charge in [0.2, 0.25) is 5.78 Å². The first-order valence-electron chi connectivity index (χ1n) is 9.87. The molecule has 1 atom stereocenters. The van der Waals surface area contributed by atoms with Crippen LogP contribution in [0.25, 0.3) is 0 Å². The molecule has 1 unspecified atom stereocenters. The summed E-state index contributed by atoms with van der Waals surface area (Å²) in [6, 6.07) is 0. The van der Waals surface area contributed by atoms with Crippen LogP contribution < -0.4 is 0 Å². The molecule has 0 radical (unpaired) electrons. The number of hydrogen-bond acceptors (Lipinski definition) is 3. The molecule has 1 aliphatic rings. The highest BCUT2D eigenvalue weighted by molar-refractivity contribution is 5.85. The second-order valence-corrected chi connectivity index (χ2v) is 7.12. The van der Waals surface area contributed by atoms with Crippen LogP contribution in [0.3, 0.4) is 0 Å². The second-order valence-electron chi connectivity index (χ2n) is 7.12. The van der Waals surface area contributed by atoms with Crippen LogP contribution in [-0.4, -0.2) is 28.6 Å². The minimum Gasteiger partial charge on any atom is -0.481 e. The van der Waals surface area contributed by atoms with Gasteiger partial charge < -0.3 is 5.11 Å². The number of carbonyl (C=O) groups excluding carboxylic acids is 2. The molecule has 152 valence electrons. The van der Waals surface area contributed by atoms with Gasteiger partial charge in [-0.25, -0.2) is 0 Å². The number of Topliss-reactive ketones (excluding diaryl/α,β-unsaturated/α-hetero) is 2. The minimum absolute atomic E-state index is 0.0886. The summed E-state index contributed by atoms with van der Waals surface area (Å²) in [5, 5.41) is 8.21. The molecular formula is C20H34F2O4. The van der Waals surface area contributed by atoms with Gasteiger partial charge in [0.05, 0.1) is 0 Å². The molecule has 1 aliphatic carbocycles. The summed E-state index contributed by atoms with van der Waals surface area (Å²) in [4.78, 5) is 32.3. The maximum Gasteiger partial charge on any atom is 0.305 e. The van der Waals surface area contributed by atoms with Crippen molar-refractivity contribution in [2.75, 3.05) is 0 Å². The number of halogens is 2. The molecule has 0 spiro atoms. The lowest BCUT2D eigenvalue weighted by Gasteiger charge is -2.15. The number of rotatable bonds is 12. The van der Waals surface area contributed by atoms with E-state index in [1.807, 2.05) is 6.92 Å². The first-order chi connectivity index (χ1) is 12.2. The average molecular weight is 376 g/mol. The molecule has 1 N–H and O–H groups in total. The summed E-state index contributed by atoms with van der Waals surface area (Å²) < 4.78 is 26.7. The van der Waals surface area contributed by atoms with Gasteiger partial charge in [-0.3, -0.25) is 14.4 Å². The zero-order chi connectivity index (χ0) is 20.0. The maximum atomic E-state index is 13.3. The van der Waals surface area contributed by atoms with Gasteiger partial charge in [0.1, 0.15) is 5.78 Å². The molecular weight excluding hydrogens is 342 g/mol. The van der Waals surface area contributed by atoms with E-state index in [1.165, 1.54) is 6.42 Å². The smallest absolute Gasteiger partial charge is 0.305 e. The average Bonchev–Trinajstić information content (AvgIpc) is 3.00. The van der Waals surface area contributed by atoms with Gasteiger partial charge in [0.15, 0.2) is 0 Å². The summed E-state index contributed by atoms with van der Waals surface area (Å²) in [6.07, 6.45) is 7.37. The number of aliphatic carboxylic acids is 1. The molecule has 0 aromatic heterocycles. The van der Waals surface area contributed by atoms with Gasteiger partial charge in [0.25, 0.3) is 0 Å². The molecule has 0 aliphatic heterocycles. The van der Waals surface area contributed by atoms with Crippen LogP contribution in [0, 0.1) is 5.92 Å². The third-order valence-electron chi connectivity index (χ3n) is 4.62. The Morgan fingerprint density at radius 1 is 1.08 bits per heavy atom. The van der Waals surface area contributed by atoms with E-state index >= 15 is 0 Å². The van der Waals surface area contributed by atoms with E-state index in [0.29, 0.717) is 38.5 Å². The Morgan fingerprint density at radius 2 is 1.73 bits per heavy atom. The Kier molecular flexibility index (Phi) is 13.1. The van der Waals surface area contributed by atoms with Crippen molar-refractivity contribution in [2.24, 2.45) is 5.92 Å². The van der Waals surface area contributed by atoms with Crippen molar-refractivity contribution in [2.45, 2.75) is 103 Å². The molecule has 4 nitrogen and oxygen atoms in total. The predicted molar refractivity (Wildman–Crippen MR) is 97.5 cm³/mol. The highest BCUT2D eigenvalue weighted by atomic mass is 19.3. The van der Waals surface area contributed by atoms with Gasteiger partial charge in [-0.2, -0.15) is 8.78 Å². The largest absolute Gasteiger partial charge is 0.481 e. The SMILES string of the molecule is CCCCC(F)(F)C(=O)CCC1CCC(=O)C1.CCCCCCC(=O)O. The lowest BCUT2D eigenvalue weighted by Crippen LogP contribution is -2.28. The minimum atomic E-state index is -3.17. The van der Waals surface area contributed by atoms with Crippen LogP contribution in [0.1, 0.15) is 97.3 Å². The van der Waals surface area contributed by atoms with E-state index < -0.39 is 17.7 Å². The monoisotopic (exact) mass is 376 g/mol. The first-order valence-corrected chi connectivity index (χ1v) is 9.87. The van der Waals surface area contributed by atoms with Crippen LogP contribution in [0.5, 0.6) is 0 Å². The molecule has 1 saturated carbocycles. The fraction of sp³-hybridized carbons (Fsp3) is 0.850. The Bertz CT molecular complexity index is 436. The summed E-state index contributed by atoms with van der Waals surface area (Å²) in [6.45, 7) is 3.94.